The Labute approximate surface area is 119 Å². The first kappa shape index (κ1) is 13.2. The van der Waals surface area contributed by atoms with Gasteiger partial charge in [-0.15, -0.1) is 0 Å². The van der Waals surface area contributed by atoms with Crippen molar-refractivity contribution in [2.24, 2.45) is 0 Å². The summed E-state index contributed by atoms with van der Waals surface area (Å²) < 4.78 is 5.54. The van der Waals surface area contributed by atoms with Crippen molar-refractivity contribution in [2.75, 3.05) is 0 Å². The second kappa shape index (κ2) is 5.70. The van der Waals surface area contributed by atoms with Crippen LogP contribution in [0.5, 0.6) is 0 Å². The first-order chi connectivity index (χ1) is 9.72. The Bertz CT molecular complexity index is 608. The van der Waals surface area contributed by atoms with Crippen LogP contribution in [0.15, 0.2) is 28.9 Å². The number of amides is 1. The standard InChI is InChI=1S/C17H21NO2/c1-12-7-8-15-13(11-20-16(15)9-12)10-17(19)18-14-5-3-2-4-6-14/h7-9,11,14H,2-6,10H2,1H3,(H,18,19). The molecule has 2 aromatic rings. The SMILES string of the molecule is Cc1ccc2c(CC(=O)NC3CCCCC3)coc2c1. The average molecular weight is 271 g/mol. The van der Waals surface area contributed by atoms with E-state index in [0.29, 0.717) is 12.5 Å². The molecule has 106 valence electrons. The molecule has 1 aromatic carbocycles. The maximum Gasteiger partial charge on any atom is 0.224 e. The molecule has 0 spiro atoms. The highest BCUT2D eigenvalue weighted by Gasteiger charge is 2.17. The van der Waals surface area contributed by atoms with Crippen molar-refractivity contribution in [1.82, 2.24) is 5.32 Å². The van der Waals surface area contributed by atoms with Crippen LogP contribution < -0.4 is 5.32 Å². The van der Waals surface area contributed by atoms with Gasteiger partial charge in [-0.25, -0.2) is 0 Å². The fraction of sp³-hybridized carbons (Fsp3) is 0.471. The third-order valence-corrected chi connectivity index (χ3v) is 4.13. The van der Waals surface area contributed by atoms with Gasteiger partial charge in [0.05, 0.1) is 12.7 Å². The minimum Gasteiger partial charge on any atom is -0.464 e. The van der Waals surface area contributed by atoms with Gasteiger partial charge in [0.15, 0.2) is 0 Å². The van der Waals surface area contributed by atoms with Crippen LogP contribution in [-0.2, 0) is 11.2 Å². The molecular weight excluding hydrogens is 250 g/mol. The monoisotopic (exact) mass is 271 g/mol. The van der Waals surface area contributed by atoms with Gasteiger partial charge in [-0.1, -0.05) is 31.4 Å². The van der Waals surface area contributed by atoms with Crippen LogP contribution in [0.2, 0.25) is 0 Å². The van der Waals surface area contributed by atoms with E-state index in [2.05, 4.69) is 11.4 Å². The number of rotatable bonds is 3. The maximum absolute atomic E-state index is 12.1. The Balaban J connectivity index is 1.67. The molecule has 0 bridgehead atoms. The highest BCUT2D eigenvalue weighted by atomic mass is 16.3. The maximum atomic E-state index is 12.1. The molecule has 0 unspecified atom stereocenters. The van der Waals surface area contributed by atoms with E-state index in [-0.39, 0.29) is 5.91 Å². The normalized spacial score (nSPS) is 16.4. The van der Waals surface area contributed by atoms with E-state index < -0.39 is 0 Å². The van der Waals surface area contributed by atoms with Crippen molar-refractivity contribution in [3.63, 3.8) is 0 Å². The molecule has 1 aliphatic carbocycles. The molecule has 1 saturated carbocycles. The van der Waals surface area contributed by atoms with E-state index in [4.69, 9.17) is 4.42 Å². The number of benzene rings is 1. The van der Waals surface area contributed by atoms with E-state index in [0.717, 1.165) is 29.4 Å². The van der Waals surface area contributed by atoms with E-state index in [1.54, 1.807) is 6.26 Å². The summed E-state index contributed by atoms with van der Waals surface area (Å²) in [7, 11) is 0. The van der Waals surface area contributed by atoms with Gasteiger partial charge >= 0.3 is 0 Å². The Morgan fingerprint density at radius 3 is 2.90 bits per heavy atom. The Morgan fingerprint density at radius 2 is 2.10 bits per heavy atom. The van der Waals surface area contributed by atoms with Gasteiger partial charge in [0.2, 0.25) is 5.91 Å². The molecule has 0 radical (unpaired) electrons. The fourth-order valence-corrected chi connectivity index (χ4v) is 3.03. The molecule has 1 aliphatic rings. The van der Waals surface area contributed by atoms with Crippen LogP contribution >= 0.6 is 0 Å². The molecule has 3 nitrogen and oxygen atoms in total. The van der Waals surface area contributed by atoms with E-state index in [1.807, 2.05) is 19.1 Å². The quantitative estimate of drug-likeness (QED) is 0.924. The third kappa shape index (κ3) is 2.87. The largest absolute Gasteiger partial charge is 0.464 e. The first-order valence-corrected chi connectivity index (χ1v) is 7.48. The number of carbonyl (C=O) groups is 1. The van der Waals surface area contributed by atoms with Crippen molar-refractivity contribution in [3.05, 3.63) is 35.6 Å². The molecule has 1 heterocycles. The van der Waals surface area contributed by atoms with Gasteiger partial charge in [0, 0.05) is 17.0 Å². The lowest BCUT2D eigenvalue weighted by Gasteiger charge is -2.22. The molecule has 20 heavy (non-hydrogen) atoms. The zero-order chi connectivity index (χ0) is 13.9. The number of hydrogen-bond donors (Lipinski definition) is 1. The van der Waals surface area contributed by atoms with Crippen molar-refractivity contribution < 1.29 is 9.21 Å². The first-order valence-electron chi connectivity index (χ1n) is 7.48. The van der Waals surface area contributed by atoms with E-state index >= 15 is 0 Å². The van der Waals surface area contributed by atoms with E-state index in [9.17, 15) is 4.79 Å². The summed E-state index contributed by atoms with van der Waals surface area (Å²) in [6.07, 6.45) is 8.14. The van der Waals surface area contributed by atoms with Gasteiger partial charge in [0.1, 0.15) is 5.58 Å². The van der Waals surface area contributed by atoms with Crippen LogP contribution in [0.1, 0.15) is 43.2 Å². The molecule has 1 N–H and O–H groups in total. The summed E-state index contributed by atoms with van der Waals surface area (Å²) in [6.45, 7) is 2.04. The summed E-state index contributed by atoms with van der Waals surface area (Å²) >= 11 is 0. The van der Waals surface area contributed by atoms with Crippen LogP contribution in [-0.4, -0.2) is 11.9 Å². The Kier molecular flexibility index (Phi) is 3.77. The molecular formula is C17H21NO2. The lowest BCUT2D eigenvalue weighted by atomic mass is 9.95. The van der Waals surface area contributed by atoms with Crippen molar-refractivity contribution in [3.8, 4) is 0 Å². The summed E-state index contributed by atoms with van der Waals surface area (Å²) in [6, 6.07) is 6.48. The second-order valence-corrected chi connectivity index (χ2v) is 5.84. The molecule has 1 amide bonds. The summed E-state index contributed by atoms with van der Waals surface area (Å²) in [5.41, 5.74) is 3.02. The number of nitrogens with one attached hydrogen (secondary N) is 1. The second-order valence-electron chi connectivity index (χ2n) is 5.84. The van der Waals surface area contributed by atoms with Gasteiger partial charge in [0.25, 0.3) is 0 Å². The predicted octanol–water partition coefficient (Wildman–Crippen LogP) is 3.73. The van der Waals surface area contributed by atoms with Gasteiger partial charge in [-0.3, -0.25) is 4.79 Å². The summed E-state index contributed by atoms with van der Waals surface area (Å²) in [5.74, 6) is 0.111. The number of carbonyl (C=O) groups excluding carboxylic acids is 1. The van der Waals surface area contributed by atoms with E-state index in [1.165, 1.54) is 24.8 Å². The van der Waals surface area contributed by atoms with Crippen molar-refractivity contribution >= 4 is 16.9 Å². The predicted molar refractivity (Wildman–Crippen MR) is 79.7 cm³/mol. The highest BCUT2D eigenvalue weighted by molar-refractivity contribution is 5.88. The third-order valence-electron chi connectivity index (χ3n) is 4.13. The highest BCUT2D eigenvalue weighted by Crippen LogP contribution is 2.23. The summed E-state index contributed by atoms with van der Waals surface area (Å²) in [4.78, 5) is 12.1. The zero-order valence-corrected chi connectivity index (χ0v) is 11.9. The number of hydrogen-bond acceptors (Lipinski definition) is 2. The van der Waals surface area contributed by atoms with Crippen molar-refractivity contribution in [2.45, 2.75) is 51.5 Å². The van der Waals surface area contributed by atoms with Crippen LogP contribution in [0.3, 0.4) is 0 Å². The minimum absolute atomic E-state index is 0.111. The molecule has 3 rings (SSSR count). The Morgan fingerprint density at radius 1 is 1.30 bits per heavy atom. The topological polar surface area (TPSA) is 42.2 Å². The molecule has 3 heteroatoms. The van der Waals surface area contributed by atoms with Crippen LogP contribution in [0.25, 0.3) is 11.0 Å². The number of furan rings is 1. The lowest BCUT2D eigenvalue weighted by molar-refractivity contribution is -0.121. The number of fused-ring (bicyclic) bond motifs is 1. The fourth-order valence-electron chi connectivity index (χ4n) is 3.03. The van der Waals surface area contributed by atoms with Gasteiger partial charge < -0.3 is 9.73 Å². The van der Waals surface area contributed by atoms with Gasteiger partial charge in [-0.2, -0.15) is 0 Å². The molecule has 1 aromatic heterocycles. The number of aryl methyl sites for hydroxylation is 1. The summed E-state index contributed by atoms with van der Waals surface area (Å²) in [5, 5.41) is 4.20. The van der Waals surface area contributed by atoms with Crippen LogP contribution in [0, 0.1) is 6.92 Å². The van der Waals surface area contributed by atoms with Gasteiger partial charge in [-0.05, 0) is 31.4 Å². The van der Waals surface area contributed by atoms with Crippen LogP contribution in [0.4, 0.5) is 0 Å². The van der Waals surface area contributed by atoms with Crippen molar-refractivity contribution in [1.29, 1.82) is 0 Å². The lowest BCUT2D eigenvalue weighted by Crippen LogP contribution is -2.37. The zero-order valence-electron chi connectivity index (χ0n) is 11.9. The minimum atomic E-state index is 0.111. The smallest absolute Gasteiger partial charge is 0.224 e. The molecule has 0 atom stereocenters. The average Bonchev–Trinajstić information content (AvgIpc) is 2.82. The molecule has 0 saturated heterocycles. The molecule has 0 aliphatic heterocycles. The molecule has 1 fully saturated rings. The Hall–Kier alpha value is -1.77.